The SMILES string of the molecule is Nc1cc2c(cc1N1CCCCC1)CCC(=O)N2. The van der Waals surface area contributed by atoms with Gasteiger partial charge >= 0.3 is 0 Å². The molecule has 2 heterocycles. The summed E-state index contributed by atoms with van der Waals surface area (Å²) in [7, 11) is 0. The van der Waals surface area contributed by atoms with Crippen LogP contribution in [0.15, 0.2) is 12.1 Å². The zero-order valence-electron chi connectivity index (χ0n) is 10.5. The summed E-state index contributed by atoms with van der Waals surface area (Å²) in [6.45, 7) is 2.19. The van der Waals surface area contributed by atoms with E-state index in [1.165, 1.54) is 24.8 Å². The van der Waals surface area contributed by atoms with Crippen molar-refractivity contribution in [2.24, 2.45) is 0 Å². The van der Waals surface area contributed by atoms with Crippen LogP contribution in [0.4, 0.5) is 17.1 Å². The molecule has 1 fully saturated rings. The molecule has 0 radical (unpaired) electrons. The summed E-state index contributed by atoms with van der Waals surface area (Å²) < 4.78 is 0. The molecule has 3 rings (SSSR count). The third-order valence-corrected chi connectivity index (χ3v) is 3.84. The van der Waals surface area contributed by atoms with Crippen molar-refractivity contribution in [1.29, 1.82) is 0 Å². The molecule has 0 bridgehead atoms. The minimum atomic E-state index is 0.0904. The number of nitrogens with zero attached hydrogens (tertiary/aromatic N) is 1. The Morgan fingerprint density at radius 3 is 2.67 bits per heavy atom. The lowest BCUT2D eigenvalue weighted by Gasteiger charge is -2.31. The lowest BCUT2D eigenvalue weighted by Crippen LogP contribution is -2.30. The maximum absolute atomic E-state index is 11.4. The smallest absolute Gasteiger partial charge is 0.224 e. The third kappa shape index (κ3) is 2.03. The van der Waals surface area contributed by atoms with Crippen LogP contribution in [-0.2, 0) is 11.2 Å². The van der Waals surface area contributed by atoms with E-state index in [0.29, 0.717) is 6.42 Å². The Hall–Kier alpha value is -1.71. The van der Waals surface area contributed by atoms with E-state index in [-0.39, 0.29) is 5.91 Å². The lowest BCUT2D eigenvalue weighted by atomic mass is 10.00. The number of amides is 1. The maximum atomic E-state index is 11.4. The summed E-state index contributed by atoms with van der Waals surface area (Å²) in [5, 5.41) is 2.89. The fraction of sp³-hybridized carbons (Fsp3) is 0.500. The van der Waals surface area contributed by atoms with Crippen LogP contribution in [0.3, 0.4) is 0 Å². The molecular formula is C14H19N3O. The summed E-state index contributed by atoms with van der Waals surface area (Å²) in [5.41, 5.74) is 10.2. The predicted octanol–water partition coefficient (Wildman–Crippen LogP) is 2.14. The molecule has 0 saturated carbocycles. The van der Waals surface area contributed by atoms with Gasteiger partial charge in [0.05, 0.1) is 11.4 Å². The van der Waals surface area contributed by atoms with Crippen molar-refractivity contribution >= 4 is 23.0 Å². The number of benzene rings is 1. The fourth-order valence-corrected chi connectivity index (χ4v) is 2.84. The van der Waals surface area contributed by atoms with E-state index in [4.69, 9.17) is 5.73 Å². The van der Waals surface area contributed by atoms with Gasteiger partial charge in [-0.2, -0.15) is 0 Å². The summed E-state index contributed by atoms with van der Waals surface area (Å²) in [5.74, 6) is 0.0904. The largest absolute Gasteiger partial charge is 0.397 e. The van der Waals surface area contributed by atoms with Gasteiger partial charge in [0.2, 0.25) is 5.91 Å². The second kappa shape index (κ2) is 4.52. The molecule has 18 heavy (non-hydrogen) atoms. The fourth-order valence-electron chi connectivity index (χ4n) is 2.84. The molecule has 2 aliphatic heterocycles. The second-order valence-electron chi connectivity index (χ2n) is 5.16. The van der Waals surface area contributed by atoms with E-state index < -0.39 is 0 Å². The first-order chi connectivity index (χ1) is 8.74. The normalized spacial score (nSPS) is 19.3. The molecule has 2 aliphatic rings. The van der Waals surface area contributed by atoms with Crippen LogP contribution < -0.4 is 16.0 Å². The highest BCUT2D eigenvalue weighted by molar-refractivity contribution is 5.95. The van der Waals surface area contributed by atoms with Crippen molar-refractivity contribution in [3.8, 4) is 0 Å². The number of piperidine rings is 1. The highest BCUT2D eigenvalue weighted by Crippen LogP contribution is 2.34. The first kappa shape index (κ1) is 11.4. The molecule has 3 N–H and O–H groups in total. The number of rotatable bonds is 1. The van der Waals surface area contributed by atoms with E-state index in [0.717, 1.165) is 36.6 Å². The van der Waals surface area contributed by atoms with Crippen LogP contribution in [0.1, 0.15) is 31.2 Å². The van der Waals surface area contributed by atoms with Gasteiger partial charge in [-0.1, -0.05) is 0 Å². The average Bonchev–Trinajstić information content (AvgIpc) is 2.39. The Kier molecular flexibility index (Phi) is 2.86. The first-order valence-electron chi connectivity index (χ1n) is 6.71. The molecule has 96 valence electrons. The summed E-state index contributed by atoms with van der Waals surface area (Å²) in [6.07, 6.45) is 5.20. The quantitative estimate of drug-likeness (QED) is 0.745. The Bertz CT molecular complexity index is 478. The number of carbonyl (C=O) groups excluding carboxylic acids is 1. The minimum absolute atomic E-state index is 0.0904. The van der Waals surface area contributed by atoms with Crippen molar-refractivity contribution in [2.45, 2.75) is 32.1 Å². The molecule has 0 atom stereocenters. The molecule has 1 aromatic rings. The number of fused-ring (bicyclic) bond motifs is 1. The zero-order valence-corrected chi connectivity index (χ0v) is 10.5. The van der Waals surface area contributed by atoms with Gasteiger partial charge in [0.25, 0.3) is 0 Å². The number of nitrogens with two attached hydrogens (primary N) is 1. The third-order valence-electron chi connectivity index (χ3n) is 3.84. The predicted molar refractivity (Wildman–Crippen MR) is 73.9 cm³/mol. The number of aryl methyl sites for hydroxylation is 1. The number of anilines is 3. The molecule has 0 aromatic heterocycles. The topological polar surface area (TPSA) is 58.4 Å². The van der Waals surface area contributed by atoms with Crippen molar-refractivity contribution in [2.75, 3.05) is 29.0 Å². The van der Waals surface area contributed by atoms with E-state index in [2.05, 4.69) is 16.3 Å². The molecule has 4 nitrogen and oxygen atoms in total. The van der Waals surface area contributed by atoms with Gasteiger partial charge in [-0.05, 0) is 43.4 Å². The minimum Gasteiger partial charge on any atom is -0.397 e. The lowest BCUT2D eigenvalue weighted by molar-refractivity contribution is -0.116. The summed E-state index contributed by atoms with van der Waals surface area (Å²) in [6, 6.07) is 4.08. The van der Waals surface area contributed by atoms with Crippen LogP contribution in [0.5, 0.6) is 0 Å². The monoisotopic (exact) mass is 245 g/mol. The van der Waals surface area contributed by atoms with Gasteiger partial charge in [-0.3, -0.25) is 4.79 Å². The first-order valence-corrected chi connectivity index (χ1v) is 6.71. The van der Waals surface area contributed by atoms with Crippen LogP contribution in [0.25, 0.3) is 0 Å². The van der Waals surface area contributed by atoms with Crippen LogP contribution in [-0.4, -0.2) is 19.0 Å². The number of nitrogens with one attached hydrogen (secondary N) is 1. The van der Waals surface area contributed by atoms with Crippen LogP contribution in [0, 0.1) is 0 Å². The van der Waals surface area contributed by atoms with Crippen molar-refractivity contribution in [1.82, 2.24) is 0 Å². The van der Waals surface area contributed by atoms with Crippen molar-refractivity contribution < 1.29 is 4.79 Å². The second-order valence-corrected chi connectivity index (χ2v) is 5.16. The molecular weight excluding hydrogens is 226 g/mol. The number of carbonyl (C=O) groups is 1. The molecule has 4 heteroatoms. The number of hydrogen-bond acceptors (Lipinski definition) is 3. The van der Waals surface area contributed by atoms with Crippen LogP contribution in [0.2, 0.25) is 0 Å². The standard InChI is InChI=1S/C14H19N3O/c15-11-9-12-10(4-5-14(18)16-12)8-13(11)17-6-2-1-3-7-17/h8-9H,1-7,15H2,(H,16,18). The van der Waals surface area contributed by atoms with Gasteiger partial charge in [-0.15, -0.1) is 0 Å². The number of hydrogen-bond donors (Lipinski definition) is 2. The molecule has 1 saturated heterocycles. The molecule has 1 aromatic carbocycles. The molecule has 0 aliphatic carbocycles. The molecule has 0 spiro atoms. The van der Waals surface area contributed by atoms with Gasteiger partial charge in [0, 0.05) is 25.2 Å². The number of nitrogen functional groups attached to an aromatic ring is 1. The van der Waals surface area contributed by atoms with Crippen LogP contribution >= 0.6 is 0 Å². The van der Waals surface area contributed by atoms with E-state index in [1.54, 1.807) is 0 Å². The molecule has 0 unspecified atom stereocenters. The van der Waals surface area contributed by atoms with Gasteiger partial charge in [-0.25, -0.2) is 0 Å². The summed E-state index contributed by atoms with van der Waals surface area (Å²) >= 11 is 0. The Morgan fingerprint density at radius 2 is 1.89 bits per heavy atom. The Labute approximate surface area is 107 Å². The highest BCUT2D eigenvalue weighted by Gasteiger charge is 2.19. The van der Waals surface area contributed by atoms with Gasteiger partial charge in [0.1, 0.15) is 0 Å². The zero-order chi connectivity index (χ0) is 12.5. The average molecular weight is 245 g/mol. The van der Waals surface area contributed by atoms with E-state index >= 15 is 0 Å². The van der Waals surface area contributed by atoms with Crippen molar-refractivity contribution in [3.63, 3.8) is 0 Å². The molecule has 1 amide bonds. The van der Waals surface area contributed by atoms with Gasteiger partial charge in [0.15, 0.2) is 0 Å². The van der Waals surface area contributed by atoms with E-state index in [1.807, 2.05) is 6.07 Å². The van der Waals surface area contributed by atoms with Gasteiger partial charge < -0.3 is 16.0 Å². The Balaban J connectivity index is 1.93. The summed E-state index contributed by atoms with van der Waals surface area (Å²) in [4.78, 5) is 13.7. The Morgan fingerprint density at radius 1 is 1.11 bits per heavy atom. The highest BCUT2D eigenvalue weighted by atomic mass is 16.1. The van der Waals surface area contributed by atoms with Crippen molar-refractivity contribution in [3.05, 3.63) is 17.7 Å². The van der Waals surface area contributed by atoms with E-state index in [9.17, 15) is 4.79 Å². The maximum Gasteiger partial charge on any atom is 0.224 e.